The largest absolute Gasteiger partial charge is 0.371 e. The highest BCUT2D eigenvalue weighted by Gasteiger charge is 2.25. The predicted octanol–water partition coefficient (Wildman–Crippen LogP) is 1.57. The van der Waals surface area contributed by atoms with E-state index >= 15 is 0 Å². The van der Waals surface area contributed by atoms with Gasteiger partial charge in [0.05, 0.1) is 0 Å². The molecule has 1 aromatic rings. The highest BCUT2D eigenvalue weighted by atomic mass is 15.1. The van der Waals surface area contributed by atoms with Crippen molar-refractivity contribution in [1.82, 2.24) is 0 Å². The molecule has 1 unspecified atom stereocenters. The second kappa shape index (κ2) is 3.38. The zero-order valence-electron chi connectivity index (χ0n) is 8.03. The summed E-state index contributed by atoms with van der Waals surface area (Å²) in [5.41, 5.74) is 8.54. The number of hydrogen-bond donors (Lipinski definition) is 1. The number of anilines is 1. The van der Waals surface area contributed by atoms with E-state index in [1.165, 1.54) is 11.3 Å². The van der Waals surface area contributed by atoms with Gasteiger partial charge in [-0.1, -0.05) is 18.2 Å². The quantitative estimate of drug-likeness (QED) is 0.741. The molecule has 0 radical (unpaired) electrons. The maximum atomic E-state index is 5.74. The fourth-order valence-electron chi connectivity index (χ4n) is 2.08. The Balaban J connectivity index is 2.38. The third-order valence-electron chi connectivity index (χ3n) is 2.82. The summed E-state index contributed by atoms with van der Waals surface area (Å²) in [4.78, 5) is 2.40. The van der Waals surface area contributed by atoms with Crippen molar-refractivity contribution in [2.75, 3.05) is 24.5 Å². The minimum absolute atomic E-state index is 0.538. The van der Waals surface area contributed by atoms with Crippen LogP contribution in [0.2, 0.25) is 0 Å². The Morgan fingerprint density at radius 2 is 2.23 bits per heavy atom. The molecule has 2 nitrogen and oxygen atoms in total. The smallest absolute Gasteiger partial charge is 0.0402 e. The SMILES string of the molecule is CCN1CC(CN)c2ccccc21. The first-order chi connectivity index (χ1) is 6.36. The van der Waals surface area contributed by atoms with Crippen LogP contribution in [-0.2, 0) is 0 Å². The van der Waals surface area contributed by atoms with Crippen LogP contribution in [0.3, 0.4) is 0 Å². The molecular formula is C11H16N2. The molecule has 2 heteroatoms. The van der Waals surface area contributed by atoms with E-state index in [0.717, 1.165) is 19.6 Å². The maximum Gasteiger partial charge on any atom is 0.0402 e. The first kappa shape index (κ1) is 8.57. The highest BCUT2D eigenvalue weighted by molar-refractivity contribution is 5.60. The number of hydrogen-bond acceptors (Lipinski definition) is 2. The van der Waals surface area contributed by atoms with Crippen molar-refractivity contribution in [3.05, 3.63) is 29.8 Å². The van der Waals surface area contributed by atoms with E-state index in [1.807, 2.05) is 0 Å². The number of benzene rings is 1. The van der Waals surface area contributed by atoms with Gasteiger partial charge in [0, 0.05) is 31.2 Å². The molecular weight excluding hydrogens is 160 g/mol. The van der Waals surface area contributed by atoms with Gasteiger partial charge < -0.3 is 10.6 Å². The molecule has 1 aromatic carbocycles. The van der Waals surface area contributed by atoms with Crippen molar-refractivity contribution >= 4 is 5.69 Å². The summed E-state index contributed by atoms with van der Waals surface area (Å²) in [6.07, 6.45) is 0. The average molecular weight is 176 g/mol. The number of para-hydroxylation sites is 1. The molecule has 1 aliphatic heterocycles. The Hall–Kier alpha value is -1.02. The lowest BCUT2D eigenvalue weighted by molar-refractivity contribution is 0.710. The number of fused-ring (bicyclic) bond motifs is 1. The summed E-state index contributed by atoms with van der Waals surface area (Å²) in [7, 11) is 0. The van der Waals surface area contributed by atoms with Gasteiger partial charge in [-0.2, -0.15) is 0 Å². The summed E-state index contributed by atoms with van der Waals surface area (Å²) in [5.74, 6) is 0.538. The van der Waals surface area contributed by atoms with Crippen molar-refractivity contribution in [1.29, 1.82) is 0 Å². The number of nitrogens with zero attached hydrogens (tertiary/aromatic N) is 1. The number of nitrogens with two attached hydrogens (primary N) is 1. The van der Waals surface area contributed by atoms with Crippen molar-refractivity contribution < 1.29 is 0 Å². The Labute approximate surface area is 79.4 Å². The van der Waals surface area contributed by atoms with E-state index in [-0.39, 0.29) is 0 Å². The van der Waals surface area contributed by atoms with Gasteiger partial charge in [-0.15, -0.1) is 0 Å². The summed E-state index contributed by atoms with van der Waals surface area (Å²) in [6.45, 7) is 5.11. The Kier molecular flexibility index (Phi) is 2.23. The molecule has 0 saturated carbocycles. The topological polar surface area (TPSA) is 29.3 Å². The first-order valence-electron chi connectivity index (χ1n) is 4.90. The summed E-state index contributed by atoms with van der Waals surface area (Å²) >= 11 is 0. The minimum atomic E-state index is 0.538. The van der Waals surface area contributed by atoms with Gasteiger partial charge in [0.2, 0.25) is 0 Å². The Morgan fingerprint density at radius 1 is 1.46 bits per heavy atom. The standard InChI is InChI=1S/C11H16N2/c1-2-13-8-9(7-12)10-5-3-4-6-11(10)13/h3-6,9H,2,7-8,12H2,1H3. The fourth-order valence-corrected chi connectivity index (χ4v) is 2.08. The molecule has 2 rings (SSSR count). The van der Waals surface area contributed by atoms with Crippen molar-refractivity contribution in [2.24, 2.45) is 5.73 Å². The Bertz CT molecular complexity index is 267. The molecule has 2 N–H and O–H groups in total. The number of rotatable bonds is 2. The van der Waals surface area contributed by atoms with Gasteiger partial charge in [0.25, 0.3) is 0 Å². The van der Waals surface area contributed by atoms with Crippen LogP contribution in [0, 0.1) is 0 Å². The lowest BCUT2D eigenvalue weighted by Gasteiger charge is -2.16. The molecule has 0 aromatic heterocycles. The highest BCUT2D eigenvalue weighted by Crippen LogP contribution is 2.34. The van der Waals surface area contributed by atoms with Crippen LogP contribution in [0.4, 0.5) is 5.69 Å². The molecule has 0 bridgehead atoms. The lowest BCUT2D eigenvalue weighted by atomic mass is 10.0. The molecule has 70 valence electrons. The monoisotopic (exact) mass is 176 g/mol. The minimum Gasteiger partial charge on any atom is -0.371 e. The zero-order chi connectivity index (χ0) is 9.26. The molecule has 0 saturated heterocycles. The van der Waals surface area contributed by atoms with Crippen LogP contribution in [-0.4, -0.2) is 19.6 Å². The van der Waals surface area contributed by atoms with Gasteiger partial charge in [-0.25, -0.2) is 0 Å². The first-order valence-corrected chi connectivity index (χ1v) is 4.90. The molecule has 0 aliphatic carbocycles. The van der Waals surface area contributed by atoms with Crippen LogP contribution in [0.1, 0.15) is 18.4 Å². The molecule has 1 atom stereocenters. The van der Waals surface area contributed by atoms with Gasteiger partial charge in [0.1, 0.15) is 0 Å². The van der Waals surface area contributed by atoms with E-state index in [4.69, 9.17) is 5.73 Å². The van der Waals surface area contributed by atoms with Gasteiger partial charge in [-0.05, 0) is 18.6 Å². The second-order valence-electron chi connectivity index (χ2n) is 3.53. The lowest BCUT2D eigenvalue weighted by Crippen LogP contribution is -2.23. The van der Waals surface area contributed by atoms with Crippen LogP contribution >= 0.6 is 0 Å². The number of likely N-dealkylation sites (N-methyl/N-ethyl adjacent to an activating group) is 1. The van der Waals surface area contributed by atoms with Crippen LogP contribution < -0.4 is 10.6 Å². The van der Waals surface area contributed by atoms with Crippen LogP contribution in [0.25, 0.3) is 0 Å². The van der Waals surface area contributed by atoms with E-state index in [0.29, 0.717) is 5.92 Å². The molecule has 0 amide bonds. The van der Waals surface area contributed by atoms with Gasteiger partial charge in [-0.3, -0.25) is 0 Å². The van der Waals surface area contributed by atoms with E-state index in [9.17, 15) is 0 Å². The molecule has 0 fully saturated rings. The summed E-state index contributed by atoms with van der Waals surface area (Å²) in [5, 5.41) is 0. The zero-order valence-corrected chi connectivity index (χ0v) is 8.03. The third kappa shape index (κ3) is 1.31. The van der Waals surface area contributed by atoms with Crippen LogP contribution in [0.5, 0.6) is 0 Å². The normalized spacial score (nSPS) is 20.5. The molecule has 1 heterocycles. The van der Waals surface area contributed by atoms with Gasteiger partial charge >= 0.3 is 0 Å². The molecule has 13 heavy (non-hydrogen) atoms. The van der Waals surface area contributed by atoms with Crippen molar-refractivity contribution in [3.63, 3.8) is 0 Å². The summed E-state index contributed by atoms with van der Waals surface area (Å²) in [6, 6.07) is 8.58. The van der Waals surface area contributed by atoms with Crippen molar-refractivity contribution in [3.8, 4) is 0 Å². The van der Waals surface area contributed by atoms with E-state index in [1.54, 1.807) is 0 Å². The van der Waals surface area contributed by atoms with Gasteiger partial charge in [0.15, 0.2) is 0 Å². The molecule has 1 aliphatic rings. The van der Waals surface area contributed by atoms with Crippen LogP contribution in [0.15, 0.2) is 24.3 Å². The summed E-state index contributed by atoms with van der Waals surface area (Å²) < 4.78 is 0. The maximum absolute atomic E-state index is 5.74. The average Bonchev–Trinajstić information content (AvgIpc) is 2.56. The Morgan fingerprint density at radius 3 is 2.92 bits per heavy atom. The van der Waals surface area contributed by atoms with E-state index < -0.39 is 0 Å². The second-order valence-corrected chi connectivity index (χ2v) is 3.53. The molecule has 0 spiro atoms. The third-order valence-corrected chi connectivity index (χ3v) is 2.82. The van der Waals surface area contributed by atoms with E-state index in [2.05, 4.69) is 36.1 Å². The predicted molar refractivity (Wildman–Crippen MR) is 56.1 cm³/mol. The van der Waals surface area contributed by atoms with Crippen molar-refractivity contribution in [2.45, 2.75) is 12.8 Å². The fraction of sp³-hybridized carbons (Fsp3) is 0.455.